The Morgan fingerprint density at radius 2 is 1.65 bits per heavy atom. The lowest BCUT2D eigenvalue weighted by atomic mass is 10.2. The maximum Gasteiger partial charge on any atom is 0.153 e. The third-order valence-corrected chi connectivity index (χ3v) is 2.82. The van der Waals surface area contributed by atoms with Crippen LogP contribution in [-0.4, -0.2) is 18.4 Å². The second kappa shape index (κ2) is 7.04. The highest BCUT2D eigenvalue weighted by molar-refractivity contribution is 5.81. The molecule has 2 aromatic carbocycles. The van der Waals surface area contributed by atoms with Crippen LogP contribution in [0.1, 0.15) is 10.4 Å². The molecule has 0 fully saturated rings. The first-order valence-electron chi connectivity index (χ1n) is 6.22. The van der Waals surface area contributed by atoms with Gasteiger partial charge in [-0.15, -0.1) is 0 Å². The van der Waals surface area contributed by atoms with E-state index in [9.17, 15) is 4.79 Å². The topological polar surface area (TPSA) is 39.2 Å². The first kappa shape index (κ1) is 13.7. The zero-order valence-electron chi connectivity index (χ0n) is 11.2. The molecule has 0 spiro atoms. The maximum atomic E-state index is 10.3. The van der Waals surface area contributed by atoms with Gasteiger partial charge >= 0.3 is 0 Å². The summed E-state index contributed by atoms with van der Waals surface area (Å²) in [4.78, 5) is 14.3. The average molecular weight is 265 g/mol. The van der Waals surface area contributed by atoms with Gasteiger partial charge in [0.1, 0.15) is 5.75 Å². The van der Waals surface area contributed by atoms with Gasteiger partial charge in [0.25, 0.3) is 0 Å². The van der Waals surface area contributed by atoms with Crippen LogP contribution in [0.15, 0.2) is 67.0 Å². The highest BCUT2D eigenvalue weighted by atomic mass is 16.5. The van der Waals surface area contributed by atoms with Crippen LogP contribution < -0.4 is 4.74 Å². The van der Waals surface area contributed by atoms with Gasteiger partial charge in [-0.1, -0.05) is 36.4 Å². The molecule has 0 aliphatic heterocycles. The lowest BCUT2D eigenvalue weighted by molar-refractivity contribution is 0.112. The normalized spacial score (nSPS) is 9.45. The molecule has 0 saturated carbocycles. The highest BCUT2D eigenvalue weighted by Gasteiger charge is 1.96. The fourth-order valence-corrected chi connectivity index (χ4v) is 1.79. The van der Waals surface area contributed by atoms with Gasteiger partial charge in [0.15, 0.2) is 6.29 Å². The van der Waals surface area contributed by atoms with E-state index >= 15 is 0 Å². The van der Waals surface area contributed by atoms with Gasteiger partial charge in [0.05, 0.1) is 12.7 Å². The fraction of sp³-hybridized carbons (Fsp3) is 0.0588. The number of hydrogen-bond donors (Lipinski definition) is 0. The van der Waals surface area contributed by atoms with E-state index in [-0.39, 0.29) is 0 Å². The number of ether oxygens (including phenoxy) is 1. The lowest BCUT2D eigenvalue weighted by Crippen LogP contribution is -1.88. The number of aromatic nitrogens is 1. The van der Waals surface area contributed by atoms with Gasteiger partial charge < -0.3 is 4.74 Å². The lowest BCUT2D eigenvalue weighted by Gasteiger charge is -1.99. The molecule has 1 aromatic heterocycles. The standard InChI is InChI=1S/C9H7N.C8H8O2/c1-2-4-9-7-10-6-5-8(9)3-1;1-10-8-5-3-2-4-7(8)6-9/h1-7H;2-6H,1H3. The molecule has 0 saturated heterocycles. The smallest absolute Gasteiger partial charge is 0.153 e. The summed E-state index contributed by atoms with van der Waals surface area (Å²) in [7, 11) is 1.54. The number of aldehydes is 1. The molecule has 1 heterocycles. The van der Waals surface area contributed by atoms with Crippen LogP contribution in [0.25, 0.3) is 10.8 Å². The molecule has 0 unspecified atom stereocenters. The number of para-hydroxylation sites is 1. The van der Waals surface area contributed by atoms with Crippen LogP contribution in [0.2, 0.25) is 0 Å². The van der Waals surface area contributed by atoms with Crippen molar-refractivity contribution >= 4 is 17.1 Å². The van der Waals surface area contributed by atoms with E-state index in [0.717, 1.165) is 6.29 Å². The summed E-state index contributed by atoms with van der Waals surface area (Å²) in [5.74, 6) is 0.623. The molecular weight excluding hydrogens is 250 g/mol. The molecule has 3 rings (SSSR count). The van der Waals surface area contributed by atoms with E-state index in [4.69, 9.17) is 4.74 Å². The Bertz CT molecular complexity index is 630. The molecule has 0 atom stereocenters. The van der Waals surface area contributed by atoms with Crippen molar-refractivity contribution in [2.75, 3.05) is 7.11 Å². The maximum absolute atomic E-state index is 10.3. The second-order valence-electron chi connectivity index (χ2n) is 4.08. The van der Waals surface area contributed by atoms with Crippen LogP contribution in [0, 0.1) is 0 Å². The van der Waals surface area contributed by atoms with E-state index < -0.39 is 0 Å². The van der Waals surface area contributed by atoms with Crippen LogP contribution in [0.5, 0.6) is 5.75 Å². The van der Waals surface area contributed by atoms with Crippen molar-refractivity contribution in [2.24, 2.45) is 0 Å². The molecule has 0 aliphatic rings. The summed E-state index contributed by atoms with van der Waals surface area (Å²) in [6, 6.07) is 17.3. The highest BCUT2D eigenvalue weighted by Crippen LogP contribution is 2.13. The molecule has 100 valence electrons. The number of fused-ring (bicyclic) bond motifs is 1. The Morgan fingerprint density at radius 1 is 0.950 bits per heavy atom. The molecule has 0 bridgehead atoms. The third-order valence-electron chi connectivity index (χ3n) is 2.82. The first-order valence-corrected chi connectivity index (χ1v) is 6.22. The zero-order chi connectivity index (χ0) is 14.2. The van der Waals surface area contributed by atoms with Crippen LogP contribution in [0.4, 0.5) is 0 Å². The average Bonchev–Trinajstić information content (AvgIpc) is 2.55. The predicted octanol–water partition coefficient (Wildman–Crippen LogP) is 3.74. The quantitative estimate of drug-likeness (QED) is 0.662. The second-order valence-corrected chi connectivity index (χ2v) is 4.08. The van der Waals surface area contributed by atoms with Crippen molar-refractivity contribution in [3.8, 4) is 5.75 Å². The molecule has 3 aromatic rings. The van der Waals surface area contributed by atoms with Crippen molar-refractivity contribution in [3.63, 3.8) is 0 Å². The molecule has 0 amide bonds. The van der Waals surface area contributed by atoms with E-state index in [1.807, 2.05) is 36.7 Å². The molecule has 0 radical (unpaired) electrons. The Labute approximate surface area is 117 Å². The molecular formula is C17H15NO2. The summed E-state index contributed by atoms with van der Waals surface area (Å²) in [6.07, 6.45) is 4.45. The Kier molecular flexibility index (Phi) is 4.84. The third kappa shape index (κ3) is 3.42. The Morgan fingerprint density at radius 3 is 2.30 bits per heavy atom. The zero-order valence-corrected chi connectivity index (χ0v) is 11.2. The SMILES string of the molecule is COc1ccccc1C=O.c1ccc2cnccc2c1. The number of hydrogen-bond acceptors (Lipinski definition) is 3. The summed E-state index contributed by atoms with van der Waals surface area (Å²) in [5.41, 5.74) is 0.588. The number of carbonyl (C=O) groups excluding carboxylic acids is 1. The van der Waals surface area contributed by atoms with E-state index in [1.165, 1.54) is 10.8 Å². The van der Waals surface area contributed by atoms with Crippen molar-refractivity contribution in [1.29, 1.82) is 0 Å². The minimum absolute atomic E-state index is 0.588. The Hall–Kier alpha value is -2.68. The minimum Gasteiger partial charge on any atom is -0.496 e. The molecule has 0 N–H and O–H groups in total. The van der Waals surface area contributed by atoms with Gasteiger partial charge in [-0.2, -0.15) is 0 Å². The van der Waals surface area contributed by atoms with Gasteiger partial charge in [-0.25, -0.2) is 0 Å². The van der Waals surface area contributed by atoms with Gasteiger partial charge in [-0.3, -0.25) is 9.78 Å². The molecule has 0 aliphatic carbocycles. The summed E-state index contributed by atoms with van der Waals surface area (Å²) in [5, 5.41) is 2.45. The van der Waals surface area contributed by atoms with Gasteiger partial charge in [-0.05, 0) is 29.0 Å². The molecule has 20 heavy (non-hydrogen) atoms. The van der Waals surface area contributed by atoms with E-state index in [0.29, 0.717) is 11.3 Å². The van der Waals surface area contributed by atoms with Crippen LogP contribution in [-0.2, 0) is 0 Å². The van der Waals surface area contributed by atoms with Crippen molar-refractivity contribution in [3.05, 3.63) is 72.6 Å². The van der Waals surface area contributed by atoms with Gasteiger partial charge in [0, 0.05) is 12.4 Å². The number of rotatable bonds is 2. The van der Waals surface area contributed by atoms with Crippen molar-refractivity contribution in [2.45, 2.75) is 0 Å². The molecule has 3 heteroatoms. The van der Waals surface area contributed by atoms with E-state index in [1.54, 1.807) is 25.3 Å². The van der Waals surface area contributed by atoms with Crippen LogP contribution >= 0.6 is 0 Å². The summed E-state index contributed by atoms with van der Waals surface area (Å²) in [6.45, 7) is 0. The van der Waals surface area contributed by atoms with Crippen molar-refractivity contribution in [1.82, 2.24) is 4.98 Å². The summed E-state index contributed by atoms with van der Waals surface area (Å²) < 4.78 is 4.90. The monoisotopic (exact) mass is 265 g/mol. The first-order chi connectivity index (χ1) is 9.85. The number of methoxy groups -OCH3 is 1. The largest absolute Gasteiger partial charge is 0.496 e. The number of benzene rings is 2. The fourth-order valence-electron chi connectivity index (χ4n) is 1.79. The number of carbonyl (C=O) groups is 1. The van der Waals surface area contributed by atoms with Crippen LogP contribution in [0.3, 0.4) is 0 Å². The predicted molar refractivity (Wildman–Crippen MR) is 80.1 cm³/mol. The molecule has 3 nitrogen and oxygen atoms in total. The minimum atomic E-state index is 0.588. The number of nitrogens with zero attached hydrogens (tertiary/aromatic N) is 1. The summed E-state index contributed by atoms with van der Waals surface area (Å²) >= 11 is 0. The Balaban J connectivity index is 0.000000147. The van der Waals surface area contributed by atoms with Crippen molar-refractivity contribution < 1.29 is 9.53 Å². The van der Waals surface area contributed by atoms with Gasteiger partial charge in [0.2, 0.25) is 0 Å². The number of pyridine rings is 1. The van der Waals surface area contributed by atoms with E-state index in [2.05, 4.69) is 17.1 Å².